The molecular weight excluding hydrogens is 316 g/mol. The second kappa shape index (κ2) is 5.82. The molecule has 0 radical (unpaired) electrons. The van der Waals surface area contributed by atoms with E-state index in [2.05, 4.69) is 15.3 Å². The number of rotatable bonds is 3. The summed E-state index contributed by atoms with van der Waals surface area (Å²) in [4.78, 5) is 23.1. The number of amides is 1. The molecule has 0 unspecified atom stereocenters. The second-order valence-corrected chi connectivity index (χ2v) is 6.59. The van der Waals surface area contributed by atoms with E-state index in [1.54, 1.807) is 25.4 Å². The van der Waals surface area contributed by atoms with Crippen molar-refractivity contribution < 1.29 is 9.90 Å². The van der Waals surface area contributed by atoms with Gasteiger partial charge in [-0.25, -0.2) is 0 Å². The Balaban J connectivity index is 1.57. The lowest BCUT2D eigenvalue weighted by atomic mass is 9.96. The molecule has 2 N–H and O–H groups in total. The molecule has 1 aliphatic heterocycles. The largest absolute Gasteiger partial charge is 0.386 e. The van der Waals surface area contributed by atoms with Crippen LogP contribution in [0.15, 0.2) is 54.9 Å². The highest BCUT2D eigenvalue weighted by molar-refractivity contribution is 6.07. The van der Waals surface area contributed by atoms with Gasteiger partial charge in [0.25, 0.3) is 5.91 Å². The number of nitrogens with zero attached hydrogens (tertiary/aromatic N) is 3. The zero-order valence-electron chi connectivity index (χ0n) is 13.8. The number of aliphatic hydroxyl groups is 1. The van der Waals surface area contributed by atoms with Gasteiger partial charge in [-0.05, 0) is 31.2 Å². The molecule has 1 aromatic carbocycles. The van der Waals surface area contributed by atoms with Crippen molar-refractivity contribution in [3.05, 3.63) is 60.6 Å². The lowest BCUT2D eigenvalue weighted by Crippen LogP contribution is -2.60. The van der Waals surface area contributed by atoms with E-state index >= 15 is 0 Å². The SMILES string of the molecule is CC1(O)CN(c2ccnc(C(=O)Nc3cccc4cccnc34)c2)C1. The predicted molar refractivity (Wildman–Crippen MR) is 96.8 cm³/mol. The van der Waals surface area contributed by atoms with E-state index in [4.69, 9.17) is 0 Å². The number of nitrogens with one attached hydrogen (secondary N) is 1. The fraction of sp³-hybridized carbons (Fsp3) is 0.211. The summed E-state index contributed by atoms with van der Waals surface area (Å²) in [7, 11) is 0. The molecule has 1 saturated heterocycles. The maximum absolute atomic E-state index is 12.6. The Kier molecular flexibility index (Phi) is 3.62. The summed E-state index contributed by atoms with van der Waals surface area (Å²) >= 11 is 0. The van der Waals surface area contributed by atoms with E-state index in [0.717, 1.165) is 16.6 Å². The smallest absolute Gasteiger partial charge is 0.274 e. The molecule has 0 saturated carbocycles. The minimum absolute atomic E-state index is 0.285. The molecule has 2 aromatic heterocycles. The maximum atomic E-state index is 12.6. The van der Waals surface area contributed by atoms with E-state index in [9.17, 15) is 9.90 Å². The van der Waals surface area contributed by atoms with Gasteiger partial charge in [0.15, 0.2) is 0 Å². The van der Waals surface area contributed by atoms with Gasteiger partial charge in [0.05, 0.1) is 16.8 Å². The van der Waals surface area contributed by atoms with Crippen molar-refractivity contribution in [1.82, 2.24) is 9.97 Å². The van der Waals surface area contributed by atoms with Crippen molar-refractivity contribution in [2.45, 2.75) is 12.5 Å². The molecule has 6 heteroatoms. The summed E-state index contributed by atoms with van der Waals surface area (Å²) in [5, 5.41) is 13.7. The van der Waals surface area contributed by atoms with Crippen molar-refractivity contribution in [1.29, 1.82) is 0 Å². The number of hydrogen-bond donors (Lipinski definition) is 2. The summed E-state index contributed by atoms with van der Waals surface area (Å²) in [5.41, 5.74) is 1.94. The third-order valence-corrected chi connectivity index (χ3v) is 4.29. The third kappa shape index (κ3) is 3.04. The van der Waals surface area contributed by atoms with Crippen LogP contribution in [0.5, 0.6) is 0 Å². The molecule has 0 aliphatic carbocycles. The molecule has 0 bridgehead atoms. The topological polar surface area (TPSA) is 78.3 Å². The minimum atomic E-state index is -0.666. The van der Waals surface area contributed by atoms with Crippen LogP contribution in [-0.4, -0.2) is 39.7 Å². The van der Waals surface area contributed by atoms with Gasteiger partial charge in [0.2, 0.25) is 0 Å². The first-order chi connectivity index (χ1) is 12.0. The Labute approximate surface area is 145 Å². The summed E-state index contributed by atoms with van der Waals surface area (Å²) in [5.74, 6) is -0.285. The summed E-state index contributed by atoms with van der Waals surface area (Å²) in [6.45, 7) is 2.89. The van der Waals surface area contributed by atoms with E-state index in [1.165, 1.54) is 0 Å². The van der Waals surface area contributed by atoms with Gasteiger partial charge >= 0.3 is 0 Å². The molecule has 6 nitrogen and oxygen atoms in total. The molecule has 0 atom stereocenters. The van der Waals surface area contributed by atoms with Crippen molar-refractivity contribution in [3.8, 4) is 0 Å². The van der Waals surface area contributed by atoms with Crippen LogP contribution in [0.4, 0.5) is 11.4 Å². The monoisotopic (exact) mass is 334 g/mol. The molecule has 3 aromatic rings. The number of anilines is 2. The highest BCUT2D eigenvalue weighted by Gasteiger charge is 2.36. The van der Waals surface area contributed by atoms with Crippen molar-refractivity contribution in [2.24, 2.45) is 0 Å². The average Bonchev–Trinajstić information content (AvgIpc) is 2.60. The molecule has 0 spiro atoms. The van der Waals surface area contributed by atoms with Crippen LogP contribution in [0.25, 0.3) is 10.9 Å². The minimum Gasteiger partial charge on any atom is -0.386 e. The number of pyridine rings is 2. The fourth-order valence-electron chi connectivity index (χ4n) is 3.09. The van der Waals surface area contributed by atoms with Crippen LogP contribution in [0, 0.1) is 0 Å². The molecule has 4 rings (SSSR count). The fourth-order valence-corrected chi connectivity index (χ4v) is 3.09. The van der Waals surface area contributed by atoms with Gasteiger partial charge in [0.1, 0.15) is 5.69 Å². The van der Waals surface area contributed by atoms with Crippen molar-refractivity contribution in [2.75, 3.05) is 23.3 Å². The summed E-state index contributed by atoms with van der Waals surface area (Å²) < 4.78 is 0. The third-order valence-electron chi connectivity index (χ3n) is 4.29. The lowest BCUT2D eigenvalue weighted by molar-refractivity contribution is 0.0310. The van der Waals surface area contributed by atoms with Crippen LogP contribution in [-0.2, 0) is 0 Å². The number of β-amino-alcohol motifs (C(OH)–C–C–N with tert-alkyl or cyclic N) is 1. The molecular formula is C19H18N4O2. The van der Waals surface area contributed by atoms with Gasteiger partial charge in [-0.15, -0.1) is 0 Å². The van der Waals surface area contributed by atoms with Crippen molar-refractivity contribution in [3.63, 3.8) is 0 Å². The number of aromatic nitrogens is 2. The molecule has 25 heavy (non-hydrogen) atoms. The second-order valence-electron chi connectivity index (χ2n) is 6.59. The zero-order valence-corrected chi connectivity index (χ0v) is 13.8. The Bertz CT molecular complexity index is 942. The van der Waals surface area contributed by atoms with Crippen LogP contribution < -0.4 is 10.2 Å². The van der Waals surface area contributed by atoms with Gasteiger partial charge in [-0.1, -0.05) is 18.2 Å². The van der Waals surface area contributed by atoms with Gasteiger partial charge in [0, 0.05) is 36.6 Å². The first-order valence-electron chi connectivity index (χ1n) is 8.10. The zero-order chi connectivity index (χ0) is 17.4. The Hall–Kier alpha value is -2.99. The number of carbonyl (C=O) groups is 1. The quantitative estimate of drug-likeness (QED) is 0.769. The Morgan fingerprint density at radius 3 is 2.76 bits per heavy atom. The number of carbonyl (C=O) groups excluding carboxylic acids is 1. The van der Waals surface area contributed by atoms with Crippen LogP contribution >= 0.6 is 0 Å². The maximum Gasteiger partial charge on any atom is 0.274 e. The van der Waals surface area contributed by atoms with Crippen molar-refractivity contribution >= 4 is 28.2 Å². The first-order valence-corrected chi connectivity index (χ1v) is 8.10. The van der Waals surface area contributed by atoms with Crippen LogP contribution in [0.2, 0.25) is 0 Å². The van der Waals surface area contributed by atoms with E-state index in [1.807, 2.05) is 41.3 Å². The molecule has 3 heterocycles. The van der Waals surface area contributed by atoms with E-state index in [-0.39, 0.29) is 5.91 Å². The summed E-state index contributed by atoms with van der Waals surface area (Å²) in [6, 6.07) is 13.0. The standard InChI is InChI=1S/C19H18N4O2/c1-19(25)11-23(12-19)14-7-9-20-16(10-14)18(24)22-15-6-2-4-13-5-3-8-21-17(13)15/h2-10,25H,11-12H2,1H3,(H,22,24). The van der Waals surface area contributed by atoms with Gasteiger partial charge in [-0.3, -0.25) is 14.8 Å². The van der Waals surface area contributed by atoms with Crippen LogP contribution in [0.1, 0.15) is 17.4 Å². The van der Waals surface area contributed by atoms with Crippen LogP contribution in [0.3, 0.4) is 0 Å². The Morgan fingerprint density at radius 1 is 1.16 bits per heavy atom. The normalized spacial score (nSPS) is 15.7. The molecule has 1 aliphatic rings. The van der Waals surface area contributed by atoms with Gasteiger partial charge in [-0.2, -0.15) is 0 Å². The highest BCUT2D eigenvalue weighted by Crippen LogP contribution is 2.27. The number of benzene rings is 1. The molecule has 1 fully saturated rings. The van der Waals surface area contributed by atoms with Gasteiger partial charge < -0.3 is 15.3 Å². The van der Waals surface area contributed by atoms with E-state index < -0.39 is 5.60 Å². The number of fused-ring (bicyclic) bond motifs is 1. The Morgan fingerprint density at radius 2 is 1.96 bits per heavy atom. The summed E-state index contributed by atoms with van der Waals surface area (Å²) in [6.07, 6.45) is 3.31. The molecule has 126 valence electrons. The first kappa shape index (κ1) is 15.5. The number of para-hydroxylation sites is 1. The average molecular weight is 334 g/mol. The number of hydrogen-bond acceptors (Lipinski definition) is 5. The molecule has 1 amide bonds. The predicted octanol–water partition coefficient (Wildman–Crippen LogP) is 2.45. The highest BCUT2D eigenvalue weighted by atomic mass is 16.3. The van der Waals surface area contributed by atoms with E-state index in [0.29, 0.717) is 24.5 Å². The lowest BCUT2D eigenvalue weighted by Gasteiger charge is -2.45.